The zero-order valence-electron chi connectivity index (χ0n) is 30.9. The van der Waals surface area contributed by atoms with Crippen molar-refractivity contribution in [1.82, 2.24) is 0 Å². The van der Waals surface area contributed by atoms with E-state index < -0.39 is 24.3 Å². The Bertz CT molecular complexity index is 795. The second kappa shape index (κ2) is 31.3. The molecule has 47 heavy (non-hydrogen) atoms. The number of aliphatic carboxylic acids is 1. The summed E-state index contributed by atoms with van der Waals surface area (Å²) in [5.74, 6) is -2.30. The summed E-state index contributed by atoms with van der Waals surface area (Å²) in [5, 5.41) is 11.6. The molecule has 0 heterocycles. The molecule has 0 aromatic heterocycles. The monoisotopic (exact) mass is 670 g/mol. The topological polar surface area (TPSA) is 111 Å². The van der Waals surface area contributed by atoms with Gasteiger partial charge in [0.05, 0.1) is 40.3 Å². The molecule has 0 bridgehead atoms. The minimum absolute atomic E-state index is 0.149. The summed E-state index contributed by atoms with van der Waals surface area (Å²) in [6.07, 6.45) is 25.3. The molecule has 0 rings (SSSR count). The summed E-state index contributed by atoms with van der Waals surface area (Å²) in [7, 11) is 5.89. The second-order valence-corrected chi connectivity index (χ2v) is 13.9. The fourth-order valence-electron chi connectivity index (χ4n) is 5.00. The van der Waals surface area contributed by atoms with E-state index >= 15 is 0 Å². The number of ether oxygens (including phenoxy) is 4. The summed E-state index contributed by atoms with van der Waals surface area (Å²) >= 11 is 0. The predicted octanol–water partition coefficient (Wildman–Crippen LogP) is 7.44. The Morgan fingerprint density at radius 1 is 0.617 bits per heavy atom. The number of nitrogens with zero attached hydrogens (tertiary/aromatic N) is 1. The molecule has 0 aliphatic rings. The molecule has 0 amide bonds. The van der Waals surface area contributed by atoms with E-state index in [0.717, 1.165) is 57.8 Å². The number of likely N-dealkylation sites (N-methyl/N-ethyl adjacent to an activating group) is 1. The van der Waals surface area contributed by atoms with Crippen molar-refractivity contribution in [3.8, 4) is 0 Å². The molecular formula is C38H71NO8. The Morgan fingerprint density at radius 2 is 1.09 bits per heavy atom. The zero-order valence-corrected chi connectivity index (χ0v) is 30.9. The van der Waals surface area contributed by atoms with E-state index in [9.17, 15) is 19.5 Å². The van der Waals surface area contributed by atoms with Crippen LogP contribution in [-0.4, -0.2) is 82.3 Å². The molecule has 0 N–H and O–H groups in total. The van der Waals surface area contributed by atoms with E-state index in [-0.39, 0.29) is 32.2 Å². The Labute approximate surface area is 287 Å². The van der Waals surface area contributed by atoms with Gasteiger partial charge in [0.25, 0.3) is 0 Å². The maximum atomic E-state index is 12.6. The summed E-state index contributed by atoms with van der Waals surface area (Å²) in [6.45, 7) is 4.67. The maximum Gasteiger partial charge on any atom is 0.306 e. The first-order chi connectivity index (χ1) is 22.6. The number of carboxylic acids is 1. The molecule has 0 aromatic carbocycles. The lowest BCUT2D eigenvalue weighted by Crippen LogP contribution is -2.44. The van der Waals surface area contributed by atoms with E-state index in [1.165, 1.54) is 64.2 Å². The van der Waals surface area contributed by atoms with Gasteiger partial charge >= 0.3 is 11.9 Å². The Balaban J connectivity index is 4.57. The number of allylic oxidation sites excluding steroid dienone is 2. The first-order valence-corrected chi connectivity index (χ1v) is 18.8. The summed E-state index contributed by atoms with van der Waals surface area (Å²) < 4.78 is 22.4. The third-order valence-electron chi connectivity index (χ3n) is 8.01. The lowest BCUT2D eigenvalue weighted by atomic mass is 10.1. The van der Waals surface area contributed by atoms with Crippen LogP contribution in [-0.2, 0) is 33.3 Å². The molecule has 0 spiro atoms. The van der Waals surface area contributed by atoms with Gasteiger partial charge in [0.1, 0.15) is 13.2 Å². The van der Waals surface area contributed by atoms with E-state index in [4.69, 9.17) is 18.9 Å². The third-order valence-corrected chi connectivity index (χ3v) is 8.01. The van der Waals surface area contributed by atoms with Crippen molar-refractivity contribution in [3.63, 3.8) is 0 Å². The van der Waals surface area contributed by atoms with Gasteiger partial charge in [-0.3, -0.25) is 9.59 Å². The van der Waals surface area contributed by atoms with Crippen LogP contribution in [0.3, 0.4) is 0 Å². The molecule has 0 aliphatic carbocycles. The van der Waals surface area contributed by atoms with Crippen LogP contribution in [0.15, 0.2) is 12.2 Å². The fraction of sp³-hybridized carbons (Fsp3) is 0.868. The molecule has 9 nitrogen and oxygen atoms in total. The van der Waals surface area contributed by atoms with Crippen molar-refractivity contribution >= 4 is 17.9 Å². The van der Waals surface area contributed by atoms with Crippen LogP contribution >= 0.6 is 0 Å². The highest BCUT2D eigenvalue weighted by molar-refractivity contribution is 5.70. The van der Waals surface area contributed by atoms with Crippen LogP contribution in [0.25, 0.3) is 0 Å². The average molecular weight is 670 g/mol. The van der Waals surface area contributed by atoms with Gasteiger partial charge in [0.15, 0.2) is 12.4 Å². The number of carbonyl (C=O) groups is 3. The standard InChI is InChI=1S/C38H71NO8/c1-6-8-10-12-14-16-18-19-21-23-25-27-29-36(41)47-34(33-46-38(37(42)43)44-31-30-39(3,4)5)32-45-35(40)28-26-24-22-20-17-15-13-11-9-7-2/h14,16,34,38H,6-13,15,17-33H2,1-5H3/b16-14-. The number of rotatable bonds is 34. The third kappa shape index (κ3) is 32.4. The van der Waals surface area contributed by atoms with E-state index in [2.05, 4.69) is 26.0 Å². The first-order valence-electron chi connectivity index (χ1n) is 18.8. The molecule has 0 aliphatic heterocycles. The number of unbranched alkanes of at least 4 members (excludes halogenated alkanes) is 17. The van der Waals surface area contributed by atoms with Crippen molar-refractivity contribution in [2.24, 2.45) is 0 Å². The maximum absolute atomic E-state index is 12.6. The van der Waals surface area contributed by atoms with Crippen molar-refractivity contribution in [2.45, 2.75) is 167 Å². The quantitative estimate of drug-likeness (QED) is 0.0229. The first kappa shape index (κ1) is 45.0. The molecule has 276 valence electrons. The Morgan fingerprint density at radius 3 is 1.62 bits per heavy atom. The number of quaternary nitrogens is 1. The van der Waals surface area contributed by atoms with Crippen LogP contribution in [0, 0.1) is 0 Å². The molecule has 0 aromatic rings. The molecular weight excluding hydrogens is 598 g/mol. The predicted molar refractivity (Wildman–Crippen MR) is 186 cm³/mol. The van der Waals surface area contributed by atoms with Gasteiger partial charge in [0.2, 0.25) is 0 Å². The van der Waals surface area contributed by atoms with Gasteiger partial charge in [0, 0.05) is 12.8 Å². The average Bonchev–Trinajstić information content (AvgIpc) is 3.02. The second-order valence-electron chi connectivity index (χ2n) is 13.9. The molecule has 2 atom stereocenters. The normalized spacial score (nSPS) is 13.1. The Kier molecular flexibility index (Phi) is 30.0. The van der Waals surface area contributed by atoms with Gasteiger partial charge in [-0.25, -0.2) is 0 Å². The molecule has 0 fully saturated rings. The molecule has 0 saturated carbocycles. The number of carboxylic acid groups (broad SMARTS) is 1. The van der Waals surface area contributed by atoms with E-state index in [1.54, 1.807) is 0 Å². The zero-order chi connectivity index (χ0) is 35.0. The highest BCUT2D eigenvalue weighted by Gasteiger charge is 2.21. The smallest absolute Gasteiger partial charge is 0.306 e. The molecule has 0 radical (unpaired) electrons. The van der Waals surface area contributed by atoms with E-state index in [0.29, 0.717) is 23.9 Å². The summed E-state index contributed by atoms with van der Waals surface area (Å²) in [4.78, 5) is 36.6. The van der Waals surface area contributed by atoms with Crippen LogP contribution in [0.4, 0.5) is 0 Å². The summed E-state index contributed by atoms with van der Waals surface area (Å²) in [6, 6.07) is 0. The molecule has 9 heteroatoms. The van der Waals surface area contributed by atoms with Gasteiger partial charge < -0.3 is 33.3 Å². The highest BCUT2D eigenvalue weighted by atomic mass is 16.7. The van der Waals surface area contributed by atoms with Crippen LogP contribution < -0.4 is 5.11 Å². The van der Waals surface area contributed by atoms with Crippen molar-refractivity contribution in [3.05, 3.63) is 12.2 Å². The van der Waals surface area contributed by atoms with Crippen molar-refractivity contribution < 1.29 is 42.9 Å². The van der Waals surface area contributed by atoms with Crippen molar-refractivity contribution in [2.75, 3.05) is 47.5 Å². The van der Waals surface area contributed by atoms with Gasteiger partial charge in [-0.2, -0.15) is 0 Å². The van der Waals surface area contributed by atoms with Gasteiger partial charge in [-0.05, 0) is 38.5 Å². The number of hydrogen-bond donors (Lipinski definition) is 0. The fourth-order valence-corrected chi connectivity index (χ4v) is 5.00. The minimum atomic E-state index is -1.61. The number of esters is 2. The van der Waals surface area contributed by atoms with Crippen LogP contribution in [0.2, 0.25) is 0 Å². The van der Waals surface area contributed by atoms with Crippen LogP contribution in [0.1, 0.15) is 155 Å². The van der Waals surface area contributed by atoms with Crippen LogP contribution in [0.5, 0.6) is 0 Å². The van der Waals surface area contributed by atoms with Crippen molar-refractivity contribution in [1.29, 1.82) is 0 Å². The highest BCUT2D eigenvalue weighted by Crippen LogP contribution is 2.13. The SMILES string of the molecule is CCCCC/C=C\CCCCCCCC(=O)OC(COC(=O)CCCCCCCCCCCC)COC(OCC[N+](C)(C)C)C(=O)[O-]. The largest absolute Gasteiger partial charge is 0.545 e. The Hall–Kier alpha value is -1.97. The number of hydrogen-bond acceptors (Lipinski definition) is 8. The lowest BCUT2D eigenvalue weighted by molar-refractivity contribution is -0.870. The van der Waals surface area contributed by atoms with E-state index in [1.807, 2.05) is 21.1 Å². The molecule has 2 unspecified atom stereocenters. The minimum Gasteiger partial charge on any atom is -0.545 e. The van der Waals surface area contributed by atoms with Gasteiger partial charge in [-0.1, -0.05) is 116 Å². The van der Waals surface area contributed by atoms with Gasteiger partial charge in [-0.15, -0.1) is 0 Å². The summed E-state index contributed by atoms with van der Waals surface area (Å²) in [5.41, 5.74) is 0. The molecule has 0 saturated heterocycles. The number of carbonyl (C=O) groups excluding carboxylic acids is 3. The lowest BCUT2D eigenvalue weighted by Gasteiger charge is -2.26.